The average Bonchev–Trinajstić information content (AvgIpc) is 2.53. The number of nitriles is 1. The predicted molar refractivity (Wildman–Crippen MR) is 91.6 cm³/mol. The number of nitrogens with two attached hydrogens (primary N) is 2. The molecule has 0 bridgehead atoms. The van der Waals surface area contributed by atoms with Crippen LogP contribution < -0.4 is 11.5 Å². The molecule has 24 heavy (non-hydrogen) atoms. The Morgan fingerprint density at radius 2 is 2.08 bits per heavy atom. The first kappa shape index (κ1) is 18.3. The van der Waals surface area contributed by atoms with Gasteiger partial charge in [-0.3, -0.25) is 9.59 Å². The van der Waals surface area contributed by atoms with Crippen molar-refractivity contribution in [3.8, 4) is 6.07 Å². The fraction of sp³-hybridized carbons (Fsp3) is 0.625. The lowest BCUT2D eigenvalue weighted by atomic mass is 9.60. The predicted octanol–water partition coefficient (Wildman–Crippen LogP) is 1.44. The number of hydrogen-bond acceptors (Lipinski definition) is 7. The molecule has 130 valence electrons. The zero-order valence-electron chi connectivity index (χ0n) is 13.7. The number of carbonyl (C=O) groups excluding carboxylic acids is 2. The maximum Gasteiger partial charge on any atom is 0.316 e. The molecule has 1 heterocycles. The lowest BCUT2D eigenvalue weighted by molar-refractivity contribution is -0.139. The van der Waals surface area contributed by atoms with E-state index in [1.807, 2.05) is 0 Å². The molecule has 0 saturated heterocycles. The van der Waals surface area contributed by atoms with E-state index in [1.165, 1.54) is 0 Å². The Labute approximate surface area is 145 Å². The number of amides is 1. The van der Waals surface area contributed by atoms with Gasteiger partial charge in [0.15, 0.2) is 0 Å². The Morgan fingerprint density at radius 3 is 2.62 bits per heavy atom. The Hall–Kier alpha value is -2.01. The second kappa shape index (κ2) is 7.71. The Bertz CT molecular complexity index is 630. The van der Waals surface area contributed by atoms with E-state index in [-0.39, 0.29) is 18.2 Å². The first-order valence-electron chi connectivity index (χ1n) is 8.03. The van der Waals surface area contributed by atoms with Crippen LogP contribution in [0.15, 0.2) is 15.6 Å². The van der Waals surface area contributed by atoms with Crippen LogP contribution in [0.4, 0.5) is 0 Å². The third-order valence-corrected chi connectivity index (χ3v) is 5.49. The van der Waals surface area contributed by atoms with Gasteiger partial charge >= 0.3 is 5.97 Å². The summed E-state index contributed by atoms with van der Waals surface area (Å²) in [6.45, 7) is 2.01. The SMILES string of the molecule is CCOC(=O)CSC1=C(C(N)=O)C2(CCCCC2)C(C#N)C(N)=N1. The highest BCUT2D eigenvalue weighted by Crippen LogP contribution is 2.52. The van der Waals surface area contributed by atoms with Gasteiger partial charge in [0.05, 0.1) is 24.0 Å². The fourth-order valence-electron chi connectivity index (χ4n) is 3.57. The van der Waals surface area contributed by atoms with E-state index in [2.05, 4.69) is 11.1 Å². The molecule has 1 fully saturated rings. The van der Waals surface area contributed by atoms with Gasteiger partial charge in [-0.1, -0.05) is 31.0 Å². The van der Waals surface area contributed by atoms with Crippen molar-refractivity contribution in [2.75, 3.05) is 12.4 Å². The minimum absolute atomic E-state index is 0.0179. The molecule has 1 amide bonds. The molecule has 0 radical (unpaired) electrons. The number of ether oxygens (including phenoxy) is 1. The number of aliphatic imine (C=N–C) groups is 1. The topological polar surface area (TPSA) is 132 Å². The van der Waals surface area contributed by atoms with Gasteiger partial charge < -0.3 is 16.2 Å². The van der Waals surface area contributed by atoms with Gasteiger partial charge in [0.1, 0.15) is 16.8 Å². The summed E-state index contributed by atoms with van der Waals surface area (Å²) in [7, 11) is 0. The van der Waals surface area contributed by atoms with Crippen LogP contribution in [0, 0.1) is 22.7 Å². The molecule has 4 N–H and O–H groups in total. The Balaban J connectivity index is 2.43. The third kappa shape index (κ3) is 3.41. The summed E-state index contributed by atoms with van der Waals surface area (Å²) in [4.78, 5) is 28.0. The number of esters is 1. The van der Waals surface area contributed by atoms with E-state index in [0.717, 1.165) is 31.0 Å². The van der Waals surface area contributed by atoms with Crippen molar-refractivity contribution in [1.29, 1.82) is 5.26 Å². The van der Waals surface area contributed by atoms with Gasteiger partial charge in [-0.25, -0.2) is 4.99 Å². The van der Waals surface area contributed by atoms with E-state index in [9.17, 15) is 14.9 Å². The number of carbonyl (C=O) groups is 2. The molecule has 1 unspecified atom stereocenters. The van der Waals surface area contributed by atoms with Gasteiger partial charge in [0.25, 0.3) is 0 Å². The molecule has 8 heteroatoms. The molecule has 1 saturated carbocycles. The lowest BCUT2D eigenvalue weighted by Crippen LogP contribution is -2.47. The number of hydrogen-bond donors (Lipinski definition) is 2. The fourth-order valence-corrected chi connectivity index (χ4v) is 4.53. The molecule has 0 aromatic heterocycles. The van der Waals surface area contributed by atoms with Crippen LogP contribution in [-0.4, -0.2) is 30.1 Å². The van der Waals surface area contributed by atoms with Crippen molar-refractivity contribution in [3.63, 3.8) is 0 Å². The van der Waals surface area contributed by atoms with E-state index < -0.39 is 23.2 Å². The molecular formula is C16H22N4O3S. The number of primary amides is 1. The number of rotatable bonds is 5. The minimum atomic E-state index is -0.693. The highest BCUT2D eigenvalue weighted by molar-refractivity contribution is 8.03. The second-order valence-corrected chi connectivity index (χ2v) is 6.92. The highest BCUT2D eigenvalue weighted by atomic mass is 32.2. The molecule has 7 nitrogen and oxygen atoms in total. The van der Waals surface area contributed by atoms with Crippen LogP contribution in [0.5, 0.6) is 0 Å². The molecule has 2 rings (SSSR count). The molecule has 0 aromatic rings. The van der Waals surface area contributed by atoms with Crippen LogP contribution in [0.2, 0.25) is 0 Å². The van der Waals surface area contributed by atoms with E-state index in [1.54, 1.807) is 6.92 Å². The molecule has 1 aliphatic carbocycles. The minimum Gasteiger partial charge on any atom is -0.465 e. The van der Waals surface area contributed by atoms with Crippen molar-refractivity contribution in [2.24, 2.45) is 27.8 Å². The van der Waals surface area contributed by atoms with Crippen molar-refractivity contribution in [2.45, 2.75) is 39.0 Å². The zero-order valence-corrected chi connectivity index (χ0v) is 14.5. The quantitative estimate of drug-likeness (QED) is 0.721. The normalized spacial score (nSPS) is 22.7. The van der Waals surface area contributed by atoms with Crippen LogP contribution in [0.25, 0.3) is 0 Å². The summed E-state index contributed by atoms with van der Waals surface area (Å²) in [5, 5.41) is 9.93. The van der Waals surface area contributed by atoms with E-state index >= 15 is 0 Å². The third-order valence-electron chi connectivity index (χ3n) is 4.54. The second-order valence-electron chi connectivity index (χ2n) is 5.95. The summed E-state index contributed by atoms with van der Waals surface area (Å²) < 4.78 is 4.90. The zero-order chi connectivity index (χ0) is 17.7. The monoisotopic (exact) mass is 350 g/mol. The van der Waals surface area contributed by atoms with Crippen LogP contribution in [0.1, 0.15) is 39.0 Å². The smallest absolute Gasteiger partial charge is 0.316 e. The van der Waals surface area contributed by atoms with Gasteiger partial charge in [-0.15, -0.1) is 0 Å². The molecule has 1 atom stereocenters. The first-order valence-corrected chi connectivity index (χ1v) is 9.01. The Morgan fingerprint density at radius 1 is 1.42 bits per heavy atom. The van der Waals surface area contributed by atoms with Crippen molar-refractivity contribution >= 4 is 29.5 Å². The summed E-state index contributed by atoms with van der Waals surface area (Å²) in [5.74, 6) is -1.44. The molecule has 1 spiro atoms. The van der Waals surface area contributed by atoms with Gasteiger partial charge in [0, 0.05) is 5.41 Å². The summed E-state index contributed by atoms with van der Waals surface area (Å²) in [6, 6.07) is 2.21. The summed E-state index contributed by atoms with van der Waals surface area (Å²) in [6.07, 6.45) is 4.19. The maximum atomic E-state index is 12.2. The van der Waals surface area contributed by atoms with Gasteiger partial charge in [-0.2, -0.15) is 5.26 Å². The number of amidine groups is 1. The highest BCUT2D eigenvalue weighted by Gasteiger charge is 2.50. The molecule has 1 aliphatic heterocycles. The van der Waals surface area contributed by atoms with E-state index in [4.69, 9.17) is 16.2 Å². The van der Waals surface area contributed by atoms with Crippen molar-refractivity contribution in [1.82, 2.24) is 0 Å². The van der Waals surface area contributed by atoms with Gasteiger partial charge in [0.2, 0.25) is 5.91 Å². The van der Waals surface area contributed by atoms with Crippen LogP contribution in [-0.2, 0) is 14.3 Å². The average molecular weight is 350 g/mol. The first-order chi connectivity index (χ1) is 11.5. The Kier molecular flexibility index (Phi) is 5.89. The van der Waals surface area contributed by atoms with Crippen LogP contribution >= 0.6 is 11.8 Å². The largest absolute Gasteiger partial charge is 0.465 e. The van der Waals surface area contributed by atoms with E-state index in [0.29, 0.717) is 23.4 Å². The number of nitrogens with zero attached hydrogens (tertiary/aromatic N) is 2. The molecule has 2 aliphatic rings. The summed E-state index contributed by atoms with van der Waals surface area (Å²) in [5.41, 5.74) is 11.3. The molecule has 0 aromatic carbocycles. The molecular weight excluding hydrogens is 328 g/mol. The van der Waals surface area contributed by atoms with Crippen molar-refractivity contribution in [3.05, 3.63) is 10.6 Å². The standard InChI is InChI=1S/C16H22N4O3S/c1-2-23-11(21)9-24-15-12(14(19)22)16(6-4-3-5-7-16)10(8-17)13(18)20-15/h10H,2-7,9H2,1H3,(H2,18,20)(H2,19,22). The van der Waals surface area contributed by atoms with Crippen molar-refractivity contribution < 1.29 is 14.3 Å². The van der Waals surface area contributed by atoms with Gasteiger partial charge in [-0.05, 0) is 19.8 Å². The lowest BCUT2D eigenvalue weighted by Gasteiger charge is -2.43. The maximum absolute atomic E-state index is 12.2. The van der Waals surface area contributed by atoms with Crippen LogP contribution in [0.3, 0.4) is 0 Å². The number of thioether (sulfide) groups is 1. The summed E-state index contributed by atoms with van der Waals surface area (Å²) >= 11 is 1.09.